The predicted octanol–water partition coefficient (Wildman–Crippen LogP) is 6.83. The Morgan fingerprint density at radius 3 is 2.11 bits per heavy atom. The lowest BCUT2D eigenvalue weighted by atomic mass is 9.91. The molecule has 0 unspecified atom stereocenters. The molecule has 248 valence electrons. The first-order chi connectivity index (χ1) is 22.3. The zero-order valence-electron chi connectivity index (χ0n) is 28.1. The summed E-state index contributed by atoms with van der Waals surface area (Å²) in [5.41, 5.74) is 3.77. The molecule has 0 aliphatic carbocycles. The smallest absolute Gasteiger partial charge is 0.329 e. The van der Waals surface area contributed by atoms with Gasteiger partial charge in [-0.15, -0.1) is 0 Å². The molecule has 1 aliphatic rings. The van der Waals surface area contributed by atoms with Gasteiger partial charge in [-0.3, -0.25) is 4.79 Å². The summed E-state index contributed by atoms with van der Waals surface area (Å²) >= 11 is 0. The summed E-state index contributed by atoms with van der Waals surface area (Å²) in [7, 11) is 7.87. The average molecular weight is 634 g/mol. The molecule has 3 atom stereocenters. The molecule has 1 aliphatic heterocycles. The topological polar surface area (TPSA) is 92.8 Å². The molecule has 4 rings (SSSR count). The van der Waals surface area contributed by atoms with E-state index >= 15 is 0 Å². The highest BCUT2D eigenvalue weighted by atomic mass is 16.5. The Hall–Kier alpha value is -4.40. The van der Waals surface area contributed by atoms with Gasteiger partial charge in [-0.1, -0.05) is 37.3 Å². The van der Waals surface area contributed by atoms with Crippen LogP contribution in [0.25, 0.3) is 0 Å². The van der Waals surface area contributed by atoms with E-state index in [2.05, 4.69) is 0 Å². The monoisotopic (exact) mass is 633 g/mol. The van der Waals surface area contributed by atoms with Crippen LogP contribution < -0.4 is 23.7 Å². The van der Waals surface area contributed by atoms with E-state index in [1.54, 1.807) is 40.4 Å². The second-order valence-electron chi connectivity index (χ2n) is 11.5. The van der Waals surface area contributed by atoms with Crippen molar-refractivity contribution in [3.63, 3.8) is 0 Å². The number of benzene rings is 3. The molecule has 0 aromatic heterocycles. The first-order valence-corrected chi connectivity index (χ1v) is 15.9. The number of piperidine rings is 1. The van der Waals surface area contributed by atoms with Crippen molar-refractivity contribution in [1.29, 1.82) is 0 Å². The van der Waals surface area contributed by atoms with Crippen LogP contribution >= 0.6 is 0 Å². The summed E-state index contributed by atoms with van der Waals surface area (Å²) < 4.78 is 33.8. The Morgan fingerprint density at radius 1 is 0.826 bits per heavy atom. The molecule has 9 heteroatoms. The molecule has 3 aromatic carbocycles. The van der Waals surface area contributed by atoms with Gasteiger partial charge in [0, 0.05) is 6.54 Å². The maximum Gasteiger partial charge on any atom is 0.329 e. The zero-order chi connectivity index (χ0) is 33.2. The fourth-order valence-electron chi connectivity index (χ4n) is 6.27. The van der Waals surface area contributed by atoms with Gasteiger partial charge in [-0.05, 0) is 92.0 Å². The van der Waals surface area contributed by atoms with Crippen molar-refractivity contribution >= 4 is 11.9 Å². The van der Waals surface area contributed by atoms with E-state index < -0.39 is 18.1 Å². The van der Waals surface area contributed by atoms with E-state index in [0.29, 0.717) is 61.0 Å². The molecule has 3 aromatic rings. The lowest BCUT2D eigenvalue weighted by Crippen LogP contribution is -2.50. The predicted molar refractivity (Wildman–Crippen MR) is 176 cm³/mol. The fraction of sp³-hybridized carbons (Fsp3) is 0.459. The molecule has 0 bridgehead atoms. The number of ether oxygens (including phenoxy) is 6. The largest absolute Gasteiger partial charge is 0.493 e. The first kappa shape index (κ1) is 34.5. The lowest BCUT2D eigenvalue weighted by Gasteiger charge is -2.37. The van der Waals surface area contributed by atoms with Crippen LogP contribution in [0.15, 0.2) is 54.6 Å². The van der Waals surface area contributed by atoms with E-state index in [9.17, 15) is 9.59 Å². The van der Waals surface area contributed by atoms with Crippen LogP contribution in [0.4, 0.5) is 0 Å². The minimum atomic E-state index is -0.676. The molecule has 1 saturated heterocycles. The quantitative estimate of drug-likeness (QED) is 0.179. The Kier molecular flexibility index (Phi) is 12.2. The molecule has 0 N–H and O–H groups in total. The van der Waals surface area contributed by atoms with Crippen LogP contribution in [-0.2, 0) is 20.7 Å². The highest BCUT2D eigenvalue weighted by molar-refractivity contribution is 5.89. The Morgan fingerprint density at radius 2 is 1.50 bits per heavy atom. The van der Waals surface area contributed by atoms with Gasteiger partial charge in [-0.2, -0.15) is 0 Å². The number of carbonyl (C=O) groups excluding carboxylic acids is 2. The number of hydrogen-bond donors (Lipinski definition) is 0. The van der Waals surface area contributed by atoms with Crippen LogP contribution in [0.5, 0.6) is 28.7 Å². The van der Waals surface area contributed by atoms with Crippen LogP contribution in [0, 0.1) is 6.92 Å². The van der Waals surface area contributed by atoms with E-state index in [-0.39, 0.29) is 11.9 Å². The summed E-state index contributed by atoms with van der Waals surface area (Å²) in [6.45, 7) is 4.47. The zero-order valence-corrected chi connectivity index (χ0v) is 28.1. The molecule has 0 radical (unpaired) electrons. The molecular formula is C37H47NO8. The third kappa shape index (κ3) is 7.69. The van der Waals surface area contributed by atoms with Crippen molar-refractivity contribution in [3.8, 4) is 28.7 Å². The van der Waals surface area contributed by atoms with E-state index in [0.717, 1.165) is 35.1 Å². The number of likely N-dealkylation sites (tertiary alicyclic amines) is 1. The summed E-state index contributed by atoms with van der Waals surface area (Å²) in [6.07, 6.45) is 3.47. The highest BCUT2D eigenvalue weighted by Gasteiger charge is 2.38. The van der Waals surface area contributed by atoms with Gasteiger partial charge in [0.15, 0.2) is 23.0 Å². The Labute approximate surface area is 272 Å². The van der Waals surface area contributed by atoms with E-state index in [1.165, 1.54) is 0 Å². The minimum Gasteiger partial charge on any atom is -0.493 e. The number of aryl methyl sites for hydroxylation is 2. The molecule has 46 heavy (non-hydrogen) atoms. The summed E-state index contributed by atoms with van der Waals surface area (Å²) in [4.78, 5) is 30.0. The molecule has 9 nitrogen and oxygen atoms in total. The molecule has 1 heterocycles. The summed E-state index contributed by atoms with van der Waals surface area (Å²) in [5, 5.41) is 0. The van der Waals surface area contributed by atoms with Gasteiger partial charge in [0.25, 0.3) is 0 Å². The molecule has 1 amide bonds. The number of hydrogen-bond acceptors (Lipinski definition) is 8. The average Bonchev–Trinajstić information content (AvgIpc) is 3.09. The van der Waals surface area contributed by atoms with Gasteiger partial charge in [0.1, 0.15) is 12.1 Å². The number of nitrogens with zero attached hydrogens (tertiary/aromatic N) is 1. The second-order valence-corrected chi connectivity index (χ2v) is 11.5. The number of esters is 1. The SMILES string of the molecule is CC[C@H](C(=O)N1CCCC[C@H]1C(=O)O[C@@H](CCc1ccc(OC)c(OC)c1)c1ccccc1C)c1cc(OC)c(OC)c(OC)c1. The van der Waals surface area contributed by atoms with E-state index in [1.807, 2.05) is 68.4 Å². The van der Waals surface area contributed by atoms with Crippen molar-refractivity contribution < 1.29 is 38.0 Å². The minimum absolute atomic E-state index is 0.115. The van der Waals surface area contributed by atoms with Crippen molar-refractivity contribution in [2.75, 3.05) is 42.1 Å². The number of rotatable bonds is 14. The van der Waals surface area contributed by atoms with Gasteiger partial charge < -0.3 is 33.3 Å². The molecule has 0 saturated carbocycles. The maximum atomic E-state index is 14.2. The fourth-order valence-corrected chi connectivity index (χ4v) is 6.27. The van der Waals surface area contributed by atoms with Crippen LogP contribution in [0.3, 0.4) is 0 Å². The number of amides is 1. The lowest BCUT2D eigenvalue weighted by molar-refractivity contribution is -0.162. The first-order valence-electron chi connectivity index (χ1n) is 15.9. The number of methoxy groups -OCH3 is 5. The number of carbonyl (C=O) groups is 2. The van der Waals surface area contributed by atoms with Crippen molar-refractivity contribution in [2.24, 2.45) is 0 Å². The van der Waals surface area contributed by atoms with Crippen LogP contribution in [-0.4, -0.2) is 64.9 Å². The highest BCUT2D eigenvalue weighted by Crippen LogP contribution is 2.41. The standard InChI is InChI=1S/C37H47NO8/c1-8-27(26-22-33(43-5)35(45-7)34(23-26)44-6)36(39)38-20-12-11-15-29(38)37(40)46-30(28-14-10-9-13-24(28)2)18-16-25-17-19-31(41-3)32(21-25)42-4/h9-10,13-14,17,19,21-23,27,29-30H,8,11-12,15-16,18,20H2,1-7H3/t27-,29-,30-/m0/s1. The van der Waals surface area contributed by atoms with Crippen LogP contribution in [0.2, 0.25) is 0 Å². The second kappa shape index (κ2) is 16.2. The normalized spacial score (nSPS) is 15.8. The van der Waals surface area contributed by atoms with Gasteiger partial charge in [-0.25, -0.2) is 4.79 Å². The molecule has 1 fully saturated rings. The van der Waals surface area contributed by atoms with Gasteiger partial charge >= 0.3 is 5.97 Å². The van der Waals surface area contributed by atoms with E-state index in [4.69, 9.17) is 28.4 Å². The third-order valence-electron chi connectivity index (χ3n) is 8.79. The van der Waals surface area contributed by atoms with Gasteiger partial charge in [0.05, 0.1) is 41.5 Å². The van der Waals surface area contributed by atoms with Crippen LogP contribution in [0.1, 0.15) is 73.3 Å². The van der Waals surface area contributed by atoms with Crippen molar-refractivity contribution in [1.82, 2.24) is 4.90 Å². The van der Waals surface area contributed by atoms with Gasteiger partial charge in [0.2, 0.25) is 11.7 Å². The molecular weight excluding hydrogens is 586 g/mol. The Balaban J connectivity index is 1.59. The van der Waals surface area contributed by atoms with Crippen molar-refractivity contribution in [3.05, 3.63) is 76.9 Å². The van der Waals surface area contributed by atoms with Crippen molar-refractivity contribution in [2.45, 2.75) is 70.4 Å². The maximum absolute atomic E-state index is 14.2. The molecule has 0 spiro atoms. The summed E-state index contributed by atoms with van der Waals surface area (Å²) in [5.74, 6) is 1.74. The Bertz CT molecular complexity index is 1460. The third-order valence-corrected chi connectivity index (χ3v) is 8.79. The summed E-state index contributed by atoms with van der Waals surface area (Å²) in [6, 6.07) is 16.7.